The number of carbonyl (C=O) groups excluding carboxylic acids is 1. The van der Waals surface area contributed by atoms with Gasteiger partial charge in [0.1, 0.15) is 0 Å². The normalized spacial score (nSPS) is 17.8. The Kier molecular flexibility index (Phi) is 4.58. The highest BCUT2D eigenvalue weighted by Gasteiger charge is 2.45. The average Bonchev–Trinajstić information content (AvgIpc) is 2.99. The van der Waals surface area contributed by atoms with Gasteiger partial charge in [0.15, 0.2) is 0 Å². The monoisotopic (exact) mass is 318 g/mol. The molecule has 1 aromatic carbocycles. The van der Waals surface area contributed by atoms with E-state index in [1.807, 2.05) is 18.2 Å². The number of amides is 1. The molecule has 1 atom stereocenters. The Morgan fingerprint density at radius 3 is 2.65 bits per heavy atom. The second-order valence-corrected chi connectivity index (χ2v) is 5.29. The van der Waals surface area contributed by atoms with Gasteiger partial charge in [0.2, 0.25) is 5.91 Å². The van der Waals surface area contributed by atoms with Gasteiger partial charge in [0.05, 0.1) is 11.6 Å². The summed E-state index contributed by atoms with van der Waals surface area (Å²) in [5.74, 6) is -0.0857. The molecular formula is C12H16BrClN2O. The lowest BCUT2D eigenvalue weighted by Gasteiger charge is -2.19. The van der Waals surface area contributed by atoms with Crippen LogP contribution in [0.1, 0.15) is 25.3 Å². The van der Waals surface area contributed by atoms with Crippen LogP contribution in [-0.4, -0.2) is 11.9 Å². The molecule has 0 heterocycles. The molecular weight excluding hydrogens is 304 g/mol. The highest BCUT2D eigenvalue weighted by Crippen LogP contribution is 2.45. The molecule has 1 amide bonds. The fourth-order valence-corrected chi connectivity index (χ4v) is 2.15. The van der Waals surface area contributed by atoms with Gasteiger partial charge < -0.3 is 11.1 Å². The molecule has 0 radical (unpaired) electrons. The van der Waals surface area contributed by atoms with Gasteiger partial charge in [-0.3, -0.25) is 4.79 Å². The summed E-state index contributed by atoms with van der Waals surface area (Å²) >= 11 is 3.44. The first-order valence-electron chi connectivity index (χ1n) is 5.37. The predicted molar refractivity (Wildman–Crippen MR) is 74.1 cm³/mol. The first-order chi connectivity index (χ1) is 7.53. The van der Waals surface area contributed by atoms with Crippen LogP contribution in [0.15, 0.2) is 28.7 Å². The number of nitrogens with two attached hydrogens (primary N) is 1. The fourth-order valence-electron chi connectivity index (χ4n) is 1.75. The Bertz CT molecular complexity index is 419. The third-order valence-corrected chi connectivity index (χ3v) is 3.40. The minimum Gasteiger partial charge on any atom is -0.345 e. The Balaban J connectivity index is 0.00000144. The van der Waals surface area contributed by atoms with Crippen molar-refractivity contribution < 1.29 is 4.79 Å². The molecule has 2 rings (SSSR count). The first kappa shape index (κ1) is 14.5. The van der Waals surface area contributed by atoms with Crippen molar-refractivity contribution in [1.29, 1.82) is 0 Å². The van der Waals surface area contributed by atoms with Gasteiger partial charge in [-0.2, -0.15) is 0 Å². The molecule has 1 aromatic rings. The van der Waals surface area contributed by atoms with Crippen molar-refractivity contribution in [2.75, 3.05) is 0 Å². The second kappa shape index (κ2) is 5.38. The third kappa shape index (κ3) is 3.21. The molecule has 94 valence electrons. The molecule has 0 aromatic heterocycles. The third-order valence-electron chi connectivity index (χ3n) is 2.90. The van der Waals surface area contributed by atoms with E-state index < -0.39 is 6.04 Å². The van der Waals surface area contributed by atoms with Crippen molar-refractivity contribution in [3.8, 4) is 0 Å². The van der Waals surface area contributed by atoms with Crippen LogP contribution in [0.3, 0.4) is 0 Å². The van der Waals surface area contributed by atoms with Crippen LogP contribution in [0.2, 0.25) is 0 Å². The Labute approximate surface area is 116 Å². The standard InChI is InChI=1S/C12H15BrN2O.ClH/c1-8(14)11(16)15-12(5-6-12)9-3-2-4-10(13)7-9;/h2-4,7-8H,5-6,14H2,1H3,(H,15,16);1H/t8-;/m1./s1. The summed E-state index contributed by atoms with van der Waals surface area (Å²) < 4.78 is 1.03. The van der Waals surface area contributed by atoms with E-state index in [0.717, 1.165) is 22.9 Å². The molecule has 1 fully saturated rings. The van der Waals surface area contributed by atoms with E-state index in [1.165, 1.54) is 0 Å². The van der Waals surface area contributed by atoms with E-state index in [-0.39, 0.29) is 23.9 Å². The minimum absolute atomic E-state index is 0. The molecule has 1 saturated carbocycles. The first-order valence-corrected chi connectivity index (χ1v) is 6.16. The van der Waals surface area contributed by atoms with Crippen molar-refractivity contribution in [1.82, 2.24) is 5.32 Å². The van der Waals surface area contributed by atoms with Crippen molar-refractivity contribution in [2.45, 2.75) is 31.3 Å². The lowest BCUT2D eigenvalue weighted by atomic mass is 10.0. The van der Waals surface area contributed by atoms with E-state index in [4.69, 9.17) is 5.73 Å². The number of nitrogens with one attached hydrogen (secondary N) is 1. The lowest BCUT2D eigenvalue weighted by molar-refractivity contribution is -0.123. The summed E-state index contributed by atoms with van der Waals surface area (Å²) in [4.78, 5) is 11.6. The van der Waals surface area contributed by atoms with Gasteiger partial charge in [-0.25, -0.2) is 0 Å². The van der Waals surface area contributed by atoms with Crippen molar-refractivity contribution in [3.63, 3.8) is 0 Å². The Hall–Kier alpha value is -0.580. The molecule has 1 aliphatic carbocycles. The largest absolute Gasteiger partial charge is 0.345 e. The molecule has 3 N–H and O–H groups in total. The molecule has 3 nitrogen and oxygen atoms in total. The predicted octanol–water partition coefficient (Wildman–Crippen LogP) is 2.32. The highest BCUT2D eigenvalue weighted by atomic mass is 79.9. The SMILES string of the molecule is C[C@@H](N)C(=O)NC1(c2cccc(Br)c2)CC1.Cl. The van der Waals surface area contributed by atoms with Gasteiger partial charge >= 0.3 is 0 Å². The van der Waals surface area contributed by atoms with Crippen LogP contribution >= 0.6 is 28.3 Å². The molecule has 0 saturated heterocycles. The summed E-state index contributed by atoms with van der Waals surface area (Å²) in [7, 11) is 0. The zero-order valence-corrected chi connectivity index (χ0v) is 12.0. The van der Waals surface area contributed by atoms with Gasteiger partial charge in [0.25, 0.3) is 0 Å². The highest BCUT2D eigenvalue weighted by molar-refractivity contribution is 9.10. The molecule has 0 unspecified atom stereocenters. The zero-order chi connectivity index (χ0) is 11.8. The Morgan fingerprint density at radius 1 is 1.53 bits per heavy atom. The van der Waals surface area contributed by atoms with Crippen LogP contribution in [0, 0.1) is 0 Å². The van der Waals surface area contributed by atoms with Gasteiger partial charge in [0, 0.05) is 4.47 Å². The molecule has 1 aliphatic rings. The van der Waals surface area contributed by atoms with E-state index >= 15 is 0 Å². The maximum atomic E-state index is 11.6. The summed E-state index contributed by atoms with van der Waals surface area (Å²) in [5.41, 5.74) is 6.53. The topological polar surface area (TPSA) is 55.1 Å². The van der Waals surface area contributed by atoms with Gasteiger partial charge in [-0.1, -0.05) is 28.1 Å². The number of hydrogen-bond acceptors (Lipinski definition) is 2. The Morgan fingerprint density at radius 2 is 2.18 bits per heavy atom. The summed E-state index contributed by atoms with van der Waals surface area (Å²) in [6.45, 7) is 1.70. The van der Waals surface area contributed by atoms with Crippen LogP contribution in [-0.2, 0) is 10.3 Å². The fraction of sp³-hybridized carbons (Fsp3) is 0.417. The minimum atomic E-state index is -0.454. The number of hydrogen-bond donors (Lipinski definition) is 2. The van der Waals surface area contributed by atoms with Crippen molar-refractivity contribution >= 4 is 34.2 Å². The smallest absolute Gasteiger partial charge is 0.237 e. The quantitative estimate of drug-likeness (QED) is 0.898. The second-order valence-electron chi connectivity index (χ2n) is 4.37. The van der Waals surface area contributed by atoms with Crippen LogP contribution in [0.25, 0.3) is 0 Å². The number of rotatable bonds is 3. The lowest BCUT2D eigenvalue weighted by Crippen LogP contribution is -2.44. The van der Waals surface area contributed by atoms with Crippen LogP contribution in [0.4, 0.5) is 0 Å². The van der Waals surface area contributed by atoms with Crippen LogP contribution in [0.5, 0.6) is 0 Å². The number of benzene rings is 1. The summed E-state index contributed by atoms with van der Waals surface area (Å²) in [6.07, 6.45) is 1.98. The summed E-state index contributed by atoms with van der Waals surface area (Å²) in [6, 6.07) is 7.60. The van der Waals surface area contributed by atoms with Gasteiger partial charge in [-0.15, -0.1) is 12.4 Å². The molecule has 0 bridgehead atoms. The van der Waals surface area contributed by atoms with E-state index in [2.05, 4.69) is 27.3 Å². The van der Waals surface area contributed by atoms with E-state index in [9.17, 15) is 4.79 Å². The number of carbonyl (C=O) groups is 1. The molecule has 17 heavy (non-hydrogen) atoms. The zero-order valence-electron chi connectivity index (χ0n) is 9.57. The number of halogens is 2. The van der Waals surface area contributed by atoms with Crippen molar-refractivity contribution in [2.24, 2.45) is 5.73 Å². The average molecular weight is 320 g/mol. The summed E-state index contributed by atoms with van der Waals surface area (Å²) in [5, 5.41) is 3.03. The molecule has 0 aliphatic heterocycles. The van der Waals surface area contributed by atoms with E-state index in [0.29, 0.717) is 0 Å². The van der Waals surface area contributed by atoms with Crippen LogP contribution < -0.4 is 11.1 Å². The van der Waals surface area contributed by atoms with E-state index in [1.54, 1.807) is 6.92 Å². The maximum Gasteiger partial charge on any atom is 0.237 e. The molecule has 5 heteroatoms. The molecule has 0 spiro atoms. The van der Waals surface area contributed by atoms with Crippen molar-refractivity contribution in [3.05, 3.63) is 34.3 Å². The maximum absolute atomic E-state index is 11.6. The van der Waals surface area contributed by atoms with Gasteiger partial charge in [-0.05, 0) is 37.5 Å².